The van der Waals surface area contributed by atoms with Crippen LogP contribution in [0, 0.1) is 40.4 Å². The van der Waals surface area contributed by atoms with Crippen LogP contribution in [0.25, 0.3) is 0 Å². The molecule has 6 heteroatoms. The fourth-order valence-electron chi connectivity index (χ4n) is 2.53. The van der Waals surface area contributed by atoms with Gasteiger partial charge in [0.1, 0.15) is 0 Å². The van der Waals surface area contributed by atoms with Gasteiger partial charge in [0.15, 0.2) is 11.5 Å². The standard InChI is InChI=1S/C19H30O5.Sm/c1-3-5-7-20-8-9-21-10-11-22-14-17-13-19-18(23-15-24-19)12-16(17)6-4-2;/h12-13H,3-11,14-15H2,1-2H3;. The van der Waals surface area contributed by atoms with Gasteiger partial charge in [-0.3, -0.25) is 0 Å². The third kappa shape index (κ3) is 8.51. The molecule has 0 unspecified atom stereocenters. The van der Waals surface area contributed by atoms with E-state index in [0.717, 1.165) is 43.8 Å². The Morgan fingerprint density at radius 1 is 0.800 bits per heavy atom. The second kappa shape index (κ2) is 14.1. The molecule has 2 rings (SSSR count). The van der Waals surface area contributed by atoms with Crippen molar-refractivity contribution in [1.29, 1.82) is 0 Å². The summed E-state index contributed by atoms with van der Waals surface area (Å²) in [6.45, 7) is 8.47. The van der Waals surface area contributed by atoms with Gasteiger partial charge in [-0.15, -0.1) is 0 Å². The summed E-state index contributed by atoms with van der Waals surface area (Å²) in [6.07, 6.45) is 4.38. The van der Waals surface area contributed by atoms with Gasteiger partial charge in [0, 0.05) is 47.0 Å². The molecule has 0 saturated carbocycles. The maximum Gasteiger partial charge on any atom is 0.231 e. The molecule has 0 atom stereocenters. The topological polar surface area (TPSA) is 46.2 Å². The van der Waals surface area contributed by atoms with Crippen LogP contribution < -0.4 is 9.47 Å². The Kier molecular flexibility index (Phi) is 13.1. The molecule has 5 nitrogen and oxygen atoms in total. The predicted octanol–water partition coefficient (Wildman–Crippen LogP) is 3.72. The van der Waals surface area contributed by atoms with E-state index in [1.165, 1.54) is 11.1 Å². The number of hydrogen-bond donors (Lipinski definition) is 0. The van der Waals surface area contributed by atoms with Gasteiger partial charge in [0.05, 0.1) is 33.0 Å². The Balaban J connectivity index is 0.00000312. The average Bonchev–Trinajstić information content (AvgIpc) is 3.04. The zero-order valence-electron chi connectivity index (χ0n) is 15.4. The van der Waals surface area contributed by atoms with Gasteiger partial charge in [-0.25, -0.2) is 0 Å². The molecule has 0 aromatic heterocycles. The largest absolute Gasteiger partial charge is 0.454 e. The third-order valence-electron chi connectivity index (χ3n) is 3.86. The molecule has 0 amide bonds. The SMILES string of the molecule is CCCCOCCOCCOCc1cc2c(cc1CCC)OCO2.[Sm]. The number of unbranched alkanes of at least 4 members (excludes halogenated alkanes) is 1. The summed E-state index contributed by atoms with van der Waals surface area (Å²) in [5, 5.41) is 0. The Labute approximate surface area is 183 Å². The van der Waals surface area contributed by atoms with Crippen molar-refractivity contribution in [2.45, 2.75) is 46.1 Å². The summed E-state index contributed by atoms with van der Waals surface area (Å²) in [4.78, 5) is 0. The molecule has 1 aliphatic rings. The van der Waals surface area contributed by atoms with Crippen LogP contribution in [-0.2, 0) is 27.2 Å². The van der Waals surface area contributed by atoms with E-state index in [0.29, 0.717) is 39.8 Å². The van der Waals surface area contributed by atoms with Crippen LogP contribution in [0.15, 0.2) is 12.1 Å². The van der Waals surface area contributed by atoms with Crippen LogP contribution in [0.2, 0.25) is 0 Å². The molecule has 0 aliphatic carbocycles. The fraction of sp³-hybridized carbons (Fsp3) is 0.684. The summed E-state index contributed by atoms with van der Waals surface area (Å²) >= 11 is 0. The molecular weight excluding hydrogens is 459 g/mol. The first kappa shape index (κ1) is 23.1. The van der Waals surface area contributed by atoms with Gasteiger partial charge in [0.2, 0.25) is 6.79 Å². The van der Waals surface area contributed by atoms with E-state index in [1.54, 1.807) is 0 Å². The second-order valence-electron chi connectivity index (χ2n) is 5.86. The van der Waals surface area contributed by atoms with Gasteiger partial charge in [-0.1, -0.05) is 26.7 Å². The first-order valence-electron chi connectivity index (χ1n) is 8.99. The summed E-state index contributed by atoms with van der Waals surface area (Å²) in [6, 6.07) is 4.12. The number of benzene rings is 1. The number of rotatable bonds is 13. The van der Waals surface area contributed by atoms with Crippen molar-refractivity contribution >= 4 is 0 Å². The summed E-state index contributed by atoms with van der Waals surface area (Å²) in [5.41, 5.74) is 2.44. The Morgan fingerprint density at radius 3 is 2.04 bits per heavy atom. The van der Waals surface area contributed by atoms with E-state index in [9.17, 15) is 0 Å². The minimum absolute atomic E-state index is 0. The van der Waals surface area contributed by atoms with E-state index < -0.39 is 0 Å². The summed E-state index contributed by atoms with van der Waals surface area (Å²) < 4.78 is 27.6. The molecule has 0 spiro atoms. The maximum absolute atomic E-state index is 5.75. The predicted molar refractivity (Wildman–Crippen MR) is 92.8 cm³/mol. The van der Waals surface area contributed by atoms with Crippen LogP contribution in [-0.4, -0.2) is 39.8 Å². The Morgan fingerprint density at radius 2 is 1.40 bits per heavy atom. The Hall–Kier alpha value is 0.0377. The molecule has 25 heavy (non-hydrogen) atoms. The van der Waals surface area contributed by atoms with Crippen LogP contribution in [0.3, 0.4) is 0 Å². The van der Waals surface area contributed by atoms with Gasteiger partial charge in [-0.05, 0) is 36.1 Å². The molecule has 1 aliphatic heterocycles. The maximum atomic E-state index is 5.75. The fourth-order valence-corrected chi connectivity index (χ4v) is 2.53. The smallest absolute Gasteiger partial charge is 0.231 e. The Bertz CT molecular complexity index is 481. The molecule has 142 valence electrons. The van der Waals surface area contributed by atoms with Crippen molar-refractivity contribution < 1.29 is 64.1 Å². The molecule has 0 bridgehead atoms. The molecule has 0 radical (unpaired) electrons. The monoisotopic (exact) mass is 490 g/mol. The van der Waals surface area contributed by atoms with Crippen molar-refractivity contribution in [1.82, 2.24) is 0 Å². The van der Waals surface area contributed by atoms with Crippen LogP contribution in [0.4, 0.5) is 0 Å². The normalized spacial score (nSPS) is 12.2. The van der Waals surface area contributed by atoms with Crippen LogP contribution in [0.5, 0.6) is 11.5 Å². The van der Waals surface area contributed by atoms with Crippen molar-refractivity contribution in [3.05, 3.63) is 23.3 Å². The van der Waals surface area contributed by atoms with Gasteiger partial charge < -0.3 is 23.7 Å². The van der Waals surface area contributed by atoms with Gasteiger partial charge >= 0.3 is 0 Å². The summed E-state index contributed by atoms with van der Waals surface area (Å²) in [5.74, 6) is 1.66. The molecule has 0 fully saturated rings. The second-order valence-corrected chi connectivity index (χ2v) is 5.86. The van der Waals surface area contributed by atoms with Gasteiger partial charge in [0.25, 0.3) is 0 Å². The van der Waals surface area contributed by atoms with Crippen LogP contribution >= 0.6 is 0 Å². The molecule has 1 aromatic rings. The number of fused-ring (bicyclic) bond motifs is 1. The van der Waals surface area contributed by atoms with Crippen LogP contribution in [0.1, 0.15) is 44.2 Å². The van der Waals surface area contributed by atoms with E-state index in [1.807, 2.05) is 6.07 Å². The first-order valence-corrected chi connectivity index (χ1v) is 8.99. The van der Waals surface area contributed by atoms with E-state index in [-0.39, 0.29) is 40.4 Å². The van der Waals surface area contributed by atoms with Crippen molar-refractivity contribution in [3.8, 4) is 11.5 Å². The zero-order chi connectivity index (χ0) is 17.0. The third-order valence-corrected chi connectivity index (χ3v) is 3.86. The van der Waals surface area contributed by atoms with Crippen molar-refractivity contribution in [2.75, 3.05) is 39.8 Å². The van der Waals surface area contributed by atoms with Crippen molar-refractivity contribution in [2.24, 2.45) is 0 Å². The van der Waals surface area contributed by atoms with E-state index >= 15 is 0 Å². The number of ether oxygens (including phenoxy) is 5. The van der Waals surface area contributed by atoms with E-state index in [2.05, 4.69) is 19.9 Å². The molecule has 0 N–H and O–H groups in total. The first-order chi connectivity index (χ1) is 11.8. The average molecular weight is 489 g/mol. The number of aryl methyl sites for hydroxylation is 1. The minimum Gasteiger partial charge on any atom is -0.454 e. The van der Waals surface area contributed by atoms with Gasteiger partial charge in [-0.2, -0.15) is 0 Å². The molecule has 0 saturated heterocycles. The quantitative estimate of drug-likeness (QED) is 0.396. The van der Waals surface area contributed by atoms with E-state index in [4.69, 9.17) is 23.7 Å². The zero-order valence-corrected chi connectivity index (χ0v) is 18.0. The summed E-state index contributed by atoms with van der Waals surface area (Å²) in [7, 11) is 0. The molecule has 1 heterocycles. The minimum atomic E-state index is 0. The molecule has 1 aromatic carbocycles. The van der Waals surface area contributed by atoms with Crippen molar-refractivity contribution in [3.63, 3.8) is 0 Å². The molecular formula is C19H30O5Sm. The number of hydrogen-bond acceptors (Lipinski definition) is 5.